The molecule has 4 nitrogen and oxygen atoms in total. The molecule has 5 heteroatoms. The van der Waals surface area contributed by atoms with Crippen molar-refractivity contribution in [2.45, 2.75) is 53.6 Å². The number of aromatic amines is 1. The van der Waals surface area contributed by atoms with Crippen LogP contribution in [0.25, 0.3) is 0 Å². The van der Waals surface area contributed by atoms with E-state index in [0.29, 0.717) is 16.0 Å². The minimum absolute atomic E-state index is 0.0667. The molecule has 0 fully saturated rings. The van der Waals surface area contributed by atoms with Crippen LogP contribution in [0.3, 0.4) is 0 Å². The van der Waals surface area contributed by atoms with E-state index >= 15 is 0 Å². The Hall–Kier alpha value is -0.430. The van der Waals surface area contributed by atoms with Crippen LogP contribution in [0, 0.1) is 8.99 Å². The van der Waals surface area contributed by atoms with Crippen LogP contribution in [0.4, 0.5) is 0 Å². The Balaban J connectivity index is 3.28. The fourth-order valence-electron chi connectivity index (χ4n) is 1.96. The Morgan fingerprint density at radius 3 is 2.47 bits per heavy atom. The first-order chi connectivity index (χ1) is 8.81. The molecule has 1 aromatic rings. The number of nitrogens with zero attached hydrogens (tertiary/aromatic N) is 1. The molecule has 0 aliphatic carbocycles. The third-order valence-electron chi connectivity index (χ3n) is 2.80. The molecule has 0 radical (unpaired) electrons. The molecular weight excluding hydrogens is 355 g/mol. The lowest BCUT2D eigenvalue weighted by Gasteiger charge is -2.29. The van der Waals surface area contributed by atoms with Gasteiger partial charge in [0.2, 0.25) is 0 Å². The zero-order chi connectivity index (χ0) is 14.6. The van der Waals surface area contributed by atoms with Gasteiger partial charge in [-0.3, -0.25) is 4.79 Å². The van der Waals surface area contributed by atoms with Crippen molar-refractivity contribution in [2.24, 2.45) is 5.41 Å². The number of halogens is 1. The van der Waals surface area contributed by atoms with Crippen LogP contribution in [0.5, 0.6) is 0 Å². The lowest BCUT2D eigenvalue weighted by Crippen LogP contribution is -2.28. The molecule has 0 aromatic carbocycles. The van der Waals surface area contributed by atoms with Crippen molar-refractivity contribution in [1.82, 2.24) is 9.97 Å². The summed E-state index contributed by atoms with van der Waals surface area (Å²) in [5, 5.41) is 0. The van der Waals surface area contributed by atoms with Gasteiger partial charge in [-0.25, -0.2) is 4.98 Å². The first-order valence-corrected chi connectivity index (χ1v) is 7.79. The number of nitrogens with one attached hydrogen (secondary N) is 1. The van der Waals surface area contributed by atoms with E-state index in [1.54, 1.807) is 0 Å². The second-order valence-corrected chi connectivity index (χ2v) is 6.74. The van der Waals surface area contributed by atoms with Gasteiger partial charge in [0, 0.05) is 6.61 Å². The Kier molecular flexibility index (Phi) is 5.98. The highest BCUT2D eigenvalue weighted by Gasteiger charge is 2.29. The van der Waals surface area contributed by atoms with Crippen molar-refractivity contribution in [3.8, 4) is 0 Å². The number of aryl methyl sites for hydroxylation is 1. The van der Waals surface area contributed by atoms with Crippen molar-refractivity contribution < 1.29 is 4.74 Å². The number of hydrogen-bond acceptors (Lipinski definition) is 3. The van der Waals surface area contributed by atoms with E-state index in [-0.39, 0.29) is 17.1 Å². The molecule has 1 heterocycles. The first kappa shape index (κ1) is 16.6. The number of aromatic nitrogens is 2. The molecular formula is C14H23IN2O2. The predicted molar refractivity (Wildman–Crippen MR) is 85.4 cm³/mol. The Morgan fingerprint density at radius 2 is 2.00 bits per heavy atom. The maximum Gasteiger partial charge on any atom is 0.264 e. The minimum Gasteiger partial charge on any atom is -0.370 e. The highest BCUT2D eigenvalue weighted by molar-refractivity contribution is 14.1. The molecule has 0 saturated carbocycles. The second kappa shape index (κ2) is 6.83. The zero-order valence-corrected chi connectivity index (χ0v) is 14.5. The summed E-state index contributed by atoms with van der Waals surface area (Å²) in [6.45, 7) is 10.9. The molecule has 19 heavy (non-hydrogen) atoms. The summed E-state index contributed by atoms with van der Waals surface area (Å²) >= 11 is 2.06. The molecule has 1 N–H and O–H groups in total. The molecule has 1 rings (SSSR count). The molecule has 1 aromatic heterocycles. The van der Waals surface area contributed by atoms with Crippen LogP contribution in [-0.2, 0) is 11.2 Å². The van der Waals surface area contributed by atoms with Gasteiger partial charge in [0.1, 0.15) is 11.9 Å². The second-order valence-electron chi connectivity index (χ2n) is 5.66. The maximum absolute atomic E-state index is 12.0. The summed E-state index contributed by atoms with van der Waals surface area (Å²) in [6.07, 6.45) is 1.59. The van der Waals surface area contributed by atoms with E-state index in [1.165, 1.54) is 0 Å². The Bertz CT molecular complexity index is 477. The predicted octanol–water partition coefficient (Wildman–Crippen LogP) is 3.45. The van der Waals surface area contributed by atoms with E-state index in [4.69, 9.17) is 4.74 Å². The summed E-state index contributed by atoms with van der Waals surface area (Å²) in [4.78, 5) is 19.5. The first-order valence-electron chi connectivity index (χ1n) is 6.71. The van der Waals surface area contributed by atoms with Crippen LogP contribution in [0.2, 0.25) is 0 Å². The van der Waals surface area contributed by atoms with Crippen LogP contribution in [0.1, 0.15) is 58.7 Å². The topological polar surface area (TPSA) is 55.0 Å². The summed E-state index contributed by atoms with van der Waals surface area (Å²) < 4.78 is 6.47. The van der Waals surface area contributed by atoms with Crippen LogP contribution in [0.15, 0.2) is 4.79 Å². The average Bonchev–Trinajstić information content (AvgIpc) is 2.30. The van der Waals surface area contributed by atoms with E-state index in [2.05, 4.69) is 60.3 Å². The van der Waals surface area contributed by atoms with Gasteiger partial charge in [0.25, 0.3) is 5.56 Å². The fourth-order valence-corrected chi connectivity index (χ4v) is 2.48. The average molecular weight is 378 g/mol. The standard InChI is InChI=1S/C14H23IN2O2/c1-6-8-9-10(15)13(18)17-12(16-9)11(19-7-2)14(3,4)5/h11H,6-8H2,1-5H3,(H,16,17,18). The highest BCUT2D eigenvalue weighted by Crippen LogP contribution is 2.34. The van der Waals surface area contributed by atoms with Crippen molar-refractivity contribution in [3.05, 3.63) is 25.4 Å². The minimum atomic E-state index is -0.196. The molecule has 0 aliphatic heterocycles. The van der Waals surface area contributed by atoms with Gasteiger partial charge >= 0.3 is 0 Å². The van der Waals surface area contributed by atoms with Gasteiger partial charge in [-0.15, -0.1) is 0 Å². The molecule has 0 aliphatic rings. The van der Waals surface area contributed by atoms with Crippen molar-refractivity contribution in [2.75, 3.05) is 6.61 Å². The number of H-pyrrole nitrogens is 1. The van der Waals surface area contributed by atoms with E-state index < -0.39 is 0 Å². The molecule has 0 spiro atoms. The molecule has 0 amide bonds. The van der Waals surface area contributed by atoms with E-state index in [1.807, 2.05) is 6.92 Å². The maximum atomic E-state index is 12.0. The Labute approximate surface area is 128 Å². The van der Waals surface area contributed by atoms with Gasteiger partial charge in [0.15, 0.2) is 0 Å². The lowest BCUT2D eigenvalue weighted by molar-refractivity contribution is -0.0194. The van der Waals surface area contributed by atoms with E-state index in [9.17, 15) is 4.79 Å². The summed E-state index contributed by atoms with van der Waals surface area (Å²) in [5.74, 6) is 0.642. The molecule has 108 valence electrons. The van der Waals surface area contributed by atoms with Crippen LogP contribution in [-0.4, -0.2) is 16.6 Å². The van der Waals surface area contributed by atoms with Gasteiger partial charge in [0.05, 0.1) is 9.26 Å². The molecule has 0 saturated heterocycles. The van der Waals surface area contributed by atoms with Crippen molar-refractivity contribution >= 4 is 22.6 Å². The van der Waals surface area contributed by atoms with Crippen molar-refractivity contribution in [1.29, 1.82) is 0 Å². The molecule has 1 atom stereocenters. The lowest BCUT2D eigenvalue weighted by atomic mass is 9.88. The summed E-state index contributed by atoms with van der Waals surface area (Å²) in [7, 11) is 0. The Morgan fingerprint density at radius 1 is 1.37 bits per heavy atom. The smallest absolute Gasteiger partial charge is 0.264 e. The monoisotopic (exact) mass is 378 g/mol. The number of hydrogen-bond donors (Lipinski definition) is 1. The number of ether oxygens (including phenoxy) is 1. The fraction of sp³-hybridized carbons (Fsp3) is 0.714. The third kappa shape index (κ3) is 4.27. The number of rotatable bonds is 5. The normalized spacial score (nSPS) is 13.6. The quantitative estimate of drug-likeness (QED) is 0.799. The summed E-state index contributed by atoms with van der Waals surface area (Å²) in [5.41, 5.74) is 0.696. The molecule has 1 unspecified atom stereocenters. The SMILES string of the molecule is CCCc1nc(C(OCC)C(C)(C)C)[nH]c(=O)c1I. The van der Waals surface area contributed by atoms with Crippen LogP contribution >= 0.6 is 22.6 Å². The summed E-state index contributed by atoms with van der Waals surface area (Å²) in [6, 6.07) is 0. The highest BCUT2D eigenvalue weighted by atomic mass is 127. The zero-order valence-electron chi connectivity index (χ0n) is 12.3. The van der Waals surface area contributed by atoms with Gasteiger partial charge in [-0.1, -0.05) is 34.1 Å². The van der Waals surface area contributed by atoms with E-state index in [0.717, 1.165) is 18.5 Å². The third-order valence-corrected chi connectivity index (χ3v) is 3.92. The van der Waals surface area contributed by atoms with Crippen molar-refractivity contribution in [3.63, 3.8) is 0 Å². The molecule has 0 bridgehead atoms. The van der Waals surface area contributed by atoms with Crippen LogP contribution < -0.4 is 5.56 Å². The van der Waals surface area contributed by atoms with Gasteiger partial charge in [-0.2, -0.15) is 0 Å². The largest absolute Gasteiger partial charge is 0.370 e. The van der Waals surface area contributed by atoms with Gasteiger partial charge in [-0.05, 0) is 41.4 Å². The van der Waals surface area contributed by atoms with Gasteiger partial charge < -0.3 is 9.72 Å².